The third-order valence-electron chi connectivity index (χ3n) is 0.388. The van der Waals surface area contributed by atoms with Crippen molar-refractivity contribution in [1.29, 1.82) is 0 Å². The highest BCUT2D eigenvalue weighted by Gasteiger charge is 1.99. The molecule has 0 bridgehead atoms. The SMILES string of the molecule is [2H]C([2H])(C(=O)O)C([2H])([2H])C(C)O. The van der Waals surface area contributed by atoms with E-state index >= 15 is 0 Å². The van der Waals surface area contributed by atoms with Gasteiger partial charge in [-0.2, -0.15) is 0 Å². The summed E-state index contributed by atoms with van der Waals surface area (Å²) in [5.74, 6) is -1.92. The summed E-state index contributed by atoms with van der Waals surface area (Å²) in [5.41, 5.74) is 0. The summed E-state index contributed by atoms with van der Waals surface area (Å²) in [6.07, 6.45) is -7.55. The summed E-state index contributed by atoms with van der Waals surface area (Å²) in [4.78, 5) is 10.2. The quantitative estimate of drug-likeness (QED) is 0.563. The molecule has 0 aromatic heterocycles. The van der Waals surface area contributed by atoms with Crippen LogP contribution in [0.2, 0.25) is 0 Å². The van der Waals surface area contributed by atoms with E-state index in [4.69, 9.17) is 15.7 Å². The molecule has 0 aliphatic carbocycles. The van der Waals surface area contributed by atoms with Crippen molar-refractivity contribution >= 4 is 5.97 Å². The molecule has 1 atom stereocenters. The molecule has 0 amide bonds. The van der Waals surface area contributed by atoms with Gasteiger partial charge < -0.3 is 10.2 Å². The standard InChI is InChI=1S/C5H10O3/c1-4(6)2-3-5(7)8/h4,6H,2-3H2,1H3,(H,7,8)/i2D2,3D2. The molecule has 0 aromatic carbocycles. The second kappa shape index (κ2) is 3.43. The highest BCUT2D eigenvalue weighted by Crippen LogP contribution is 1.93. The summed E-state index contributed by atoms with van der Waals surface area (Å²) in [6, 6.07) is 0. The lowest BCUT2D eigenvalue weighted by Crippen LogP contribution is -2.03. The van der Waals surface area contributed by atoms with Gasteiger partial charge in [-0.1, -0.05) is 0 Å². The van der Waals surface area contributed by atoms with Gasteiger partial charge in [-0.25, -0.2) is 0 Å². The number of carboxylic acid groups (broad SMARTS) is 1. The summed E-state index contributed by atoms with van der Waals surface area (Å²) < 4.78 is 27.6. The van der Waals surface area contributed by atoms with E-state index in [9.17, 15) is 4.79 Å². The van der Waals surface area contributed by atoms with Crippen LogP contribution in [0.3, 0.4) is 0 Å². The van der Waals surface area contributed by atoms with Crippen LogP contribution >= 0.6 is 0 Å². The summed E-state index contributed by atoms with van der Waals surface area (Å²) in [5, 5.41) is 17.1. The van der Waals surface area contributed by atoms with E-state index in [1.165, 1.54) is 0 Å². The molecule has 0 spiro atoms. The zero-order valence-corrected chi connectivity index (χ0v) is 4.38. The Morgan fingerprint density at radius 3 is 2.62 bits per heavy atom. The van der Waals surface area contributed by atoms with Crippen molar-refractivity contribution in [3.8, 4) is 0 Å². The van der Waals surface area contributed by atoms with Gasteiger partial charge in [0.15, 0.2) is 0 Å². The van der Waals surface area contributed by atoms with E-state index in [0.717, 1.165) is 6.92 Å². The van der Waals surface area contributed by atoms with Crippen molar-refractivity contribution in [1.82, 2.24) is 0 Å². The molecule has 3 nitrogen and oxygen atoms in total. The predicted octanol–water partition coefficient (Wildman–Crippen LogP) is 0.232. The molecule has 1 unspecified atom stereocenters. The van der Waals surface area contributed by atoms with Crippen molar-refractivity contribution in [3.05, 3.63) is 0 Å². The number of carboxylic acids is 1. The Bertz CT molecular complexity index is 189. The first-order valence-electron chi connectivity index (χ1n) is 4.05. The van der Waals surface area contributed by atoms with E-state index in [1.54, 1.807) is 0 Å². The van der Waals surface area contributed by atoms with E-state index in [-0.39, 0.29) is 0 Å². The minimum Gasteiger partial charge on any atom is -0.481 e. The van der Waals surface area contributed by atoms with Gasteiger partial charge in [0, 0.05) is 11.9 Å². The Morgan fingerprint density at radius 2 is 2.50 bits per heavy atom. The van der Waals surface area contributed by atoms with Crippen LogP contribution in [0.1, 0.15) is 25.2 Å². The van der Waals surface area contributed by atoms with Gasteiger partial charge in [-0.15, -0.1) is 0 Å². The molecule has 48 valence electrons. The summed E-state index contributed by atoms with van der Waals surface area (Å²) in [6.45, 7) is 1.00. The second-order valence-electron chi connectivity index (χ2n) is 1.25. The molecule has 0 heterocycles. The zero-order chi connectivity index (χ0) is 10.2. The van der Waals surface area contributed by atoms with Gasteiger partial charge in [0.25, 0.3) is 0 Å². The number of rotatable bonds is 3. The monoisotopic (exact) mass is 122 g/mol. The van der Waals surface area contributed by atoms with Crippen LogP contribution in [-0.4, -0.2) is 22.3 Å². The van der Waals surface area contributed by atoms with E-state index < -0.39 is 24.8 Å². The molecule has 0 rings (SSSR count). The van der Waals surface area contributed by atoms with Crippen molar-refractivity contribution in [2.24, 2.45) is 0 Å². The fraction of sp³-hybridized carbons (Fsp3) is 0.800. The maximum atomic E-state index is 10.2. The second-order valence-corrected chi connectivity index (χ2v) is 1.25. The van der Waals surface area contributed by atoms with Crippen LogP contribution in [0.25, 0.3) is 0 Å². The number of carbonyl (C=O) groups is 1. The molecule has 0 fully saturated rings. The molecule has 0 aliphatic rings. The maximum absolute atomic E-state index is 10.2. The minimum atomic E-state index is -3.08. The Kier molecular flexibility index (Phi) is 1.21. The number of hydrogen-bond donors (Lipinski definition) is 2. The highest BCUT2D eigenvalue weighted by atomic mass is 16.4. The highest BCUT2D eigenvalue weighted by molar-refractivity contribution is 5.66. The van der Waals surface area contributed by atoms with Crippen LogP contribution in [0.15, 0.2) is 0 Å². The molecule has 8 heavy (non-hydrogen) atoms. The van der Waals surface area contributed by atoms with Crippen LogP contribution in [0.4, 0.5) is 0 Å². The van der Waals surface area contributed by atoms with Gasteiger partial charge >= 0.3 is 5.97 Å². The smallest absolute Gasteiger partial charge is 0.303 e. The molecular weight excluding hydrogens is 108 g/mol. The van der Waals surface area contributed by atoms with Crippen LogP contribution in [-0.2, 0) is 4.79 Å². The van der Waals surface area contributed by atoms with Crippen molar-refractivity contribution in [3.63, 3.8) is 0 Å². The normalized spacial score (nSPS) is 24.2. The number of aliphatic hydroxyl groups is 1. The maximum Gasteiger partial charge on any atom is 0.303 e. The third kappa shape index (κ3) is 5.43. The van der Waals surface area contributed by atoms with E-state index in [1.807, 2.05) is 0 Å². The molecular formula is C5H10O3. The lowest BCUT2D eigenvalue weighted by molar-refractivity contribution is -0.137. The fourth-order valence-corrected chi connectivity index (χ4v) is 0.166. The molecule has 0 aromatic rings. The van der Waals surface area contributed by atoms with Gasteiger partial charge in [-0.3, -0.25) is 4.79 Å². The third-order valence-corrected chi connectivity index (χ3v) is 0.388. The molecule has 2 N–H and O–H groups in total. The first kappa shape index (κ1) is 2.82. The van der Waals surface area contributed by atoms with Crippen LogP contribution in [0.5, 0.6) is 0 Å². The number of aliphatic carboxylic acids is 1. The fourth-order valence-electron chi connectivity index (χ4n) is 0.166. The first-order valence-corrected chi connectivity index (χ1v) is 2.05. The Morgan fingerprint density at radius 1 is 2.00 bits per heavy atom. The predicted molar refractivity (Wildman–Crippen MR) is 28.6 cm³/mol. The number of hydrogen-bond acceptors (Lipinski definition) is 2. The van der Waals surface area contributed by atoms with E-state index in [2.05, 4.69) is 0 Å². The molecule has 0 saturated carbocycles. The topological polar surface area (TPSA) is 57.5 Å². The molecule has 0 aliphatic heterocycles. The largest absolute Gasteiger partial charge is 0.481 e. The first-order chi connectivity index (χ1) is 5.14. The van der Waals surface area contributed by atoms with Gasteiger partial charge in [0.1, 0.15) is 0 Å². The summed E-state index contributed by atoms with van der Waals surface area (Å²) in [7, 11) is 0. The van der Waals surface area contributed by atoms with Crippen molar-refractivity contribution in [2.75, 3.05) is 0 Å². The average Bonchev–Trinajstić information content (AvgIpc) is 1.86. The molecule has 3 heteroatoms. The van der Waals surface area contributed by atoms with E-state index in [0.29, 0.717) is 0 Å². The van der Waals surface area contributed by atoms with Gasteiger partial charge in [0.2, 0.25) is 0 Å². The minimum absolute atomic E-state index is 1.00. The van der Waals surface area contributed by atoms with Gasteiger partial charge in [0.05, 0.1) is 6.10 Å². The lowest BCUT2D eigenvalue weighted by atomic mass is 10.2. The zero-order valence-electron chi connectivity index (χ0n) is 8.38. The van der Waals surface area contributed by atoms with Crippen LogP contribution < -0.4 is 0 Å². The molecule has 0 saturated heterocycles. The van der Waals surface area contributed by atoms with Crippen molar-refractivity contribution in [2.45, 2.75) is 25.8 Å². The van der Waals surface area contributed by atoms with Crippen LogP contribution in [0, 0.1) is 0 Å². The Balaban J connectivity index is 4.88. The number of aliphatic hydroxyl groups excluding tert-OH is 1. The summed E-state index contributed by atoms with van der Waals surface area (Å²) >= 11 is 0. The van der Waals surface area contributed by atoms with Gasteiger partial charge in [-0.05, 0) is 13.3 Å². The average molecular weight is 122 g/mol. The Hall–Kier alpha value is -0.570. The Labute approximate surface area is 53.6 Å². The molecule has 0 radical (unpaired) electrons. The lowest BCUT2D eigenvalue weighted by Gasteiger charge is -1.97. The van der Waals surface area contributed by atoms with Crippen molar-refractivity contribution < 1.29 is 20.5 Å².